The summed E-state index contributed by atoms with van der Waals surface area (Å²) < 4.78 is 33.2. The highest BCUT2D eigenvalue weighted by molar-refractivity contribution is 7.89. The number of nitrogens with one attached hydrogen (secondary N) is 1. The van der Waals surface area contributed by atoms with E-state index in [0.29, 0.717) is 0 Å². The van der Waals surface area contributed by atoms with E-state index < -0.39 is 28.6 Å². The minimum atomic E-state index is -3.93. The van der Waals surface area contributed by atoms with Crippen molar-refractivity contribution >= 4 is 27.5 Å². The molecule has 0 spiro atoms. The Labute approximate surface area is 201 Å². The fourth-order valence-electron chi connectivity index (χ4n) is 4.09. The van der Waals surface area contributed by atoms with Gasteiger partial charge in [0.25, 0.3) is 0 Å². The number of benzene rings is 2. The summed E-state index contributed by atoms with van der Waals surface area (Å²) in [6.07, 6.45) is 1.49. The summed E-state index contributed by atoms with van der Waals surface area (Å²) in [6, 6.07) is 13.1. The number of hydrogen-bond acceptors (Lipinski definition) is 6. The van der Waals surface area contributed by atoms with E-state index in [0.717, 1.165) is 22.5 Å². The Morgan fingerprint density at radius 3 is 2.29 bits per heavy atom. The van der Waals surface area contributed by atoms with Gasteiger partial charge in [-0.1, -0.05) is 63.6 Å². The Morgan fingerprint density at radius 2 is 1.71 bits per heavy atom. The number of likely N-dealkylation sites (N-methyl/N-ethyl adjacent to an activating group) is 1. The van der Waals surface area contributed by atoms with Crippen molar-refractivity contribution in [1.29, 1.82) is 0 Å². The lowest BCUT2D eigenvalue weighted by Gasteiger charge is -2.24. The zero-order chi connectivity index (χ0) is 25.3. The lowest BCUT2D eigenvalue weighted by atomic mass is 9.83. The van der Waals surface area contributed by atoms with Crippen LogP contribution in [0.1, 0.15) is 38.8 Å². The van der Waals surface area contributed by atoms with Crippen LogP contribution in [0.2, 0.25) is 0 Å². The van der Waals surface area contributed by atoms with Gasteiger partial charge >= 0.3 is 5.97 Å². The van der Waals surface area contributed by atoms with E-state index in [-0.39, 0.29) is 22.0 Å². The number of fused-ring (bicyclic) bond motifs is 1. The number of ketones is 1. The summed E-state index contributed by atoms with van der Waals surface area (Å²) in [5.74, 6) is -1.55. The molecule has 182 valence electrons. The van der Waals surface area contributed by atoms with Crippen molar-refractivity contribution in [2.24, 2.45) is 5.92 Å². The highest BCUT2D eigenvalue weighted by Crippen LogP contribution is 2.46. The Bertz CT molecular complexity index is 1210. The predicted molar refractivity (Wildman–Crippen MR) is 132 cm³/mol. The van der Waals surface area contributed by atoms with Crippen molar-refractivity contribution in [3.63, 3.8) is 0 Å². The smallest absolute Gasteiger partial charge is 0.324 e. The van der Waals surface area contributed by atoms with Crippen LogP contribution in [0, 0.1) is 12.8 Å². The predicted octanol–water partition coefficient (Wildman–Crippen LogP) is 3.72. The van der Waals surface area contributed by atoms with Crippen molar-refractivity contribution in [2.75, 3.05) is 18.6 Å². The Balaban J connectivity index is 1.70. The monoisotopic (exact) mass is 484 g/mol. The van der Waals surface area contributed by atoms with Crippen molar-refractivity contribution in [2.45, 2.75) is 51.0 Å². The van der Waals surface area contributed by atoms with E-state index in [1.54, 1.807) is 26.0 Å². The Kier molecular flexibility index (Phi) is 7.33. The van der Waals surface area contributed by atoms with Gasteiger partial charge in [-0.05, 0) is 36.6 Å². The van der Waals surface area contributed by atoms with Gasteiger partial charge in [-0.25, -0.2) is 8.42 Å². The molecule has 1 heterocycles. The molecule has 2 aromatic carbocycles. The number of aryl methyl sites for hydroxylation is 1. The van der Waals surface area contributed by atoms with Gasteiger partial charge < -0.3 is 9.64 Å². The average Bonchev–Trinajstić information content (AvgIpc) is 2.97. The third-order valence-electron chi connectivity index (χ3n) is 6.13. The van der Waals surface area contributed by atoms with E-state index in [9.17, 15) is 18.0 Å². The normalized spacial score (nSPS) is 17.0. The first-order valence-corrected chi connectivity index (χ1v) is 12.7. The van der Waals surface area contributed by atoms with Crippen LogP contribution < -0.4 is 9.62 Å². The van der Waals surface area contributed by atoms with Gasteiger partial charge in [0.05, 0.1) is 4.90 Å². The minimum absolute atomic E-state index is 0.0587. The van der Waals surface area contributed by atoms with E-state index in [2.05, 4.69) is 4.72 Å². The summed E-state index contributed by atoms with van der Waals surface area (Å²) >= 11 is 0. The van der Waals surface area contributed by atoms with E-state index >= 15 is 0 Å². The Morgan fingerprint density at radius 1 is 1.09 bits per heavy atom. The van der Waals surface area contributed by atoms with Crippen LogP contribution in [0.4, 0.5) is 5.69 Å². The molecule has 0 aromatic heterocycles. The van der Waals surface area contributed by atoms with Crippen LogP contribution in [-0.2, 0) is 29.8 Å². The molecule has 0 saturated carbocycles. The summed E-state index contributed by atoms with van der Waals surface area (Å²) in [5.41, 5.74) is 3.48. The summed E-state index contributed by atoms with van der Waals surface area (Å²) in [6.45, 7) is 8.87. The number of hydrogen-bond donors (Lipinski definition) is 1. The van der Waals surface area contributed by atoms with Crippen molar-refractivity contribution < 1.29 is 22.7 Å². The van der Waals surface area contributed by atoms with E-state index in [1.165, 1.54) is 18.2 Å². The number of rotatable bonds is 8. The molecule has 0 saturated heterocycles. The second-order valence-corrected chi connectivity index (χ2v) is 11.2. The second kappa shape index (κ2) is 9.72. The van der Waals surface area contributed by atoms with Crippen molar-refractivity contribution in [3.8, 4) is 0 Å². The fourth-order valence-corrected chi connectivity index (χ4v) is 5.43. The number of para-hydroxylation sites is 1. The molecule has 0 fully saturated rings. The minimum Gasteiger partial charge on any atom is -0.456 e. The molecule has 1 aliphatic rings. The van der Waals surface area contributed by atoms with Gasteiger partial charge in [0.15, 0.2) is 12.4 Å². The lowest BCUT2D eigenvalue weighted by Crippen LogP contribution is -2.45. The number of carbonyl (C=O) groups excluding carboxylic acids is 2. The van der Waals surface area contributed by atoms with E-state index in [4.69, 9.17) is 4.74 Å². The molecule has 1 N–H and O–H groups in total. The molecule has 0 radical (unpaired) electrons. The molecule has 1 aliphatic heterocycles. The molecular weight excluding hydrogens is 452 g/mol. The number of carbonyl (C=O) groups is 2. The van der Waals surface area contributed by atoms with Crippen LogP contribution >= 0.6 is 0 Å². The lowest BCUT2D eigenvalue weighted by molar-refractivity contribution is -0.149. The first-order chi connectivity index (χ1) is 15.8. The SMILES string of the molecule is Cc1ccc(S(=O)(=O)N[C@@H](C(=O)OCC(=O)/C=C2/N(C)c3ccccc3C2(C)C)C(C)C)cc1. The quantitative estimate of drug-likeness (QED) is 0.453. The maximum absolute atomic E-state index is 12.7. The zero-order valence-corrected chi connectivity index (χ0v) is 21.3. The molecule has 0 unspecified atom stereocenters. The topological polar surface area (TPSA) is 92.8 Å². The summed E-state index contributed by atoms with van der Waals surface area (Å²) in [4.78, 5) is 27.4. The highest BCUT2D eigenvalue weighted by atomic mass is 32.2. The molecule has 34 heavy (non-hydrogen) atoms. The van der Waals surface area contributed by atoms with Crippen LogP contribution in [0.25, 0.3) is 0 Å². The molecule has 3 rings (SSSR count). The average molecular weight is 485 g/mol. The molecule has 8 heteroatoms. The fraction of sp³-hybridized carbons (Fsp3) is 0.385. The van der Waals surface area contributed by atoms with Crippen LogP contribution in [0.5, 0.6) is 0 Å². The first-order valence-electron chi connectivity index (χ1n) is 11.2. The zero-order valence-electron chi connectivity index (χ0n) is 20.5. The third kappa shape index (κ3) is 5.23. The van der Waals surface area contributed by atoms with Crippen molar-refractivity contribution in [3.05, 3.63) is 71.4 Å². The molecule has 1 atom stereocenters. The number of allylic oxidation sites excluding steroid dienone is 1. The number of esters is 1. The number of sulfonamides is 1. The van der Waals surface area contributed by atoms with Crippen LogP contribution in [-0.4, -0.2) is 39.9 Å². The standard InChI is InChI=1S/C26H32N2O5S/c1-17(2)24(27-34(31,32)20-13-11-18(3)12-14-20)25(30)33-16-19(29)15-23-26(4,5)21-9-7-8-10-22(21)28(23)6/h7-15,17,24,27H,16H2,1-6H3/b23-15+/t24-/m1/s1. The van der Waals surface area contributed by atoms with Crippen LogP contribution in [0.15, 0.2) is 65.2 Å². The number of ether oxygens (including phenoxy) is 1. The van der Waals surface area contributed by atoms with Gasteiger partial charge in [-0.3, -0.25) is 9.59 Å². The summed E-state index contributed by atoms with van der Waals surface area (Å²) in [5, 5.41) is 0. The molecule has 2 aromatic rings. The molecule has 0 aliphatic carbocycles. The second-order valence-electron chi connectivity index (χ2n) is 9.46. The highest BCUT2D eigenvalue weighted by Gasteiger charge is 2.38. The van der Waals surface area contributed by atoms with Crippen LogP contribution in [0.3, 0.4) is 0 Å². The number of anilines is 1. The Hall–Kier alpha value is -2.97. The molecule has 0 amide bonds. The largest absolute Gasteiger partial charge is 0.456 e. The van der Waals surface area contributed by atoms with Gasteiger partial charge in [0.2, 0.25) is 10.0 Å². The molecule has 7 nitrogen and oxygen atoms in total. The van der Waals surface area contributed by atoms with E-state index in [1.807, 2.05) is 57.0 Å². The maximum Gasteiger partial charge on any atom is 0.324 e. The van der Waals surface area contributed by atoms with Gasteiger partial charge in [0, 0.05) is 29.9 Å². The number of nitrogens with zero attached hydrogens (tertiary/aromatic N) is 1. The first kappa shape index (κ1) is 25.6. The van der Waals surface area contributed by atoms with Crippen molar-refractivity contribution in [1.82, 2.24) is 4.72 Å². The third-order valence-corrected chi connectivity index (χ3v) is 7.59. The summed E-state index contributed by atoms with van der Waals surface area (Å²) in [7, 11) is -2.03. The molecular formula is C26H32N2O5S. The maximum atomic E-state index is 12.7. The van der Waals surface area contributed by atoms with Gasteiger partial charge in [-0.2, -0.15) is 4.72 Å². The van der Waals surface area contributed by atoms with Gasteiger partial charge in [0.1, 0.15) is 6.04 Å². The molecule has 0 bridgehead atoms. The van der Waals surface area contributed by atoms with Gasteiger partial charge in [-0.15, -0.1) is 0 Å².